The number of aryl methyl sites for hydroxylation is 1. The average molecular weight is 281 g/mol. The van der Waals surface area contributed by atoms with Gasteiger partial charge < -0.3 is 15.5 Å². The fourth-order valence-corrected chi connectivity index (χ4v) is 1.82. The number of carbonyl (C=O) groups is 2. The molecule has 8 heteroatoms. The van der Waals surface area contributed by atoms with E-state index in [2.05, 4.69) is 10.3 Å². The Bertz CT molecular complexity index is 683. The summed E-state index contributed by atoms with van der Waals surface area (Å²) in [5.74, 6) is -2.67. The van der Waals surface area contributed by atoms with E-state index in [0.29, 0.717) is 11.3 Å². The summed E-state index contributed by atoms with van der Waals surface area (Å²) >= 11 is 0. The number of aliphatic carboxylic acids is 1. The van der Waals surface area contributed by atoms with Crippen molar-refractivity contribution in [2.75, 3.05) is 6.61 Å². The van der Waals surface area contributed by atoms with Crippen LogP contribution >= 0.6 is 0 Å². The molecule has 0 bridgehead atoms. The van der Waals surface area contributed by atoms with E-state index < -0.39 is 30.3 Å². The number of carboxylic acids is 1. The molecule has 2 heterocycles. The van der Waals surface area contributed by atoms with Crippen molar-refractivity contribution in [1.82, 2.24) is 14.7 Å². The molecule has 0 fully saturated rings. The predicted molar refractivity (Wildman–Crippen MR) is 65.9 cm³/mol. The summed E-state index contributed by atoms with van der Waals surface area (Å²) in [4.78, 5) is 26.9. The predicted octanol–water partition coefficient (Wildman–Crippen LogP) is -0.0429. The van der Waals surface area contributed by atoms with Gasteiger partial charge in [0.1, 0.15) is 17.2 Å². The minimum absolute atomic E-state index is 0.0270. The molecule has 0 spiro atoms. The Morgan fingerprint density at radius 2 is 2.20 bits per heavy atom. The molecule has 7 nitrogen and oxygen atoms in total. The van der Waals surface area contributed by atoms with Crippen LogP contribution in [-0.4, -0.2) is 44.1 Å². The molecule has 0 radical (unpaired) electrons. The van der Waals surface area contributed by atoms with Gasteiger partial charge in [0.25, 0.3) is 5.91 Å². The van der Waals surface area contributed by atoms with Crippen molar-refractivity contribution >= 4 is 17.5 Å². The average Bonchev–Trinajstić information content (AvgIpc) is 2.70. The fraction of sp³-hybridized carbons (Fsp3) is 0.250. The van der Waals surface area contributed by atoms with E-state index in [1.54, 1.807) is 6.92 Å². The zero-order chi connectivity index (χ0) is 14.9. The molecule has 2 rings (SSSR count). The second-order valence-corrected chi connectivity index (χ2v) is 4.17. The Kier molecular flexibility index (Phi) is 3.66. The summed E-state index contributed by atoms with van der Waals surface area (Å²) in [6.07, 6.45) is 1.08. The number of pyridine rings is 1. The number of carbonyl (C=O) groups excluding carboxylic acids is 1. The Morgan fingerprint density at radius 1 is 1.50 bits per heavy atom. The van der Waals surface area contributed by atoms with E-state index >= 15 is 0 Å². The molecule has 3 N–H and O–H groups in total. The maximum Gasteiger partial charge on any atom is 0.328 e. The van der Waals surface area contributed by atoms with E-state index in [1.807, 2.05) is 0 Å². The lowest BCUT2D eigenvalue weighted by Gasteiger charge is -2.11. The second-order valence-electron chi connectivity index (χ2n) is 4.17. The van der Waals surface area contributed by atoms with Crippen molar-refractivity contribution in [2.45, 2.75) is 13.0 Å². The van der Waals surface area contributed by atoms with Crippen molar-refractivity contribution < 1.29 is 24.2 Å². The Morgan fingerprint density at radius 3 is 2.80 bits per heavy atom. The highest BCUT2D eigenvalue weighted by molar-refractivity contribution is 5.97. The van der Waals surface area contributed by atoms with Gasteiger partial charge in [-0.15, -0.1) is 0 Å². The van der Waals surface area contributed by atoms with Crippen molar-refractivity contribution in [3.8, 4) is 0 Å². The van der Waals surface area contributed by atoms with Gasteiger partial charge in [0, 0.05) is 6.20 Å². The van der Waals surface area contributed by atoms with E-state index in [9.17, 15) is 14.0 Å². The van der Waals surface area contributed by atoms with E-state index in [4.69, 9.17) is 10.2 Å². The van der Waals surface area contributed by atoms with E-state index in [0.717, 1.165) is 6.20 Å². The Labute approximate surface area is 112 Å². The third-order valence-corrected chi connectivity index (χ3v) is 2.76. The molecule has 20 heavy (non-hydrogen) atoms. The van der Waals surface area contributed by atoms with Gasteiger partial charge >= 0.3 is 5.97 Å². The van der Waals surface area contributed by atoms with Gasteiger partial charge in [0.2, 0.25) is 0 Å². The molecule has 0 aliphatic carbocycles. The van der Waals surface area contributed by atoms with Crippen LogP contribution in [0, 0.1) is 12.7 Å². The van der Waals surface area contributed by atoms with Crippen molar-refractivity contribution in [3.05, 3.63) is 35.5 Å². The zero-order valence-corrected chi connectivity index (χ0v) is 10.5. The molecule has 2 aromatic heterocycles. The molecule has 2 aromatic rings. The first-order chi connectivity index (χ1) is 9.43. The number of nitrogens with one attached hydrogen (secondary N) is 1. The lowest BCUT2D eigenvalue weighted by molar-refractivity contribution is -0.140. The van der Waals surface area contributed by atoms with Crippen LogP contribution < -0.4 is 5.32 Å². The van der Waals surface area contributed by atoms with E-state index in [-0.39, 0.29) is 5.69 Å². The van der Waals surface area contributed by atoms with Crippen LogP contribution in [0.15, 0.2) is 18.3 Å². The number of imidazole rings is 1. The number of fused-ring (bicyclic) bond motifs is 1. The molecule has 0 aromatic carbocycles. The summed E-state index contributed by atoms with van der Waals surface area (Å²) in [5.41, 5.74) is 0.722. The number of amides is 1. The largest absolute Gasteiger partial charge is 0.480 e. The maximum absolute atomic E-state index is 13.2. The molecule has 1 atom stereocenters. The van der Waals surface area contributed by atoms with Crippen LogP contribution in [0.1, 0.15) is 16.2 Å². The first-order valence-corrected chi connectivity index (χ1v) is 5.72. The molecule has 0 saturated heterocycles. The molecular weight excluding hydrogens is 269 g/mol. The minimum atomic E-state index is -1.43. The Hall–Kier alpha value is -2.48. The first-order valence-electron chi connectivity index (χ1n) is 5.72. The smallest absolute Gasteiger partial charge is 0.328 e. The summed E-state index contributed by atoms with van der Waals surface area (Å²) in [6, 6.07) is 1.18. The third kappa shape index (κ3) is 2.45. The molecule has 0 aliphatic rings. The van der Waals surface area contributed by atoms with Crippen LogP contribution in [0.5, 0.6) is 0 Å². The van der Waals surface area contributed by atoms with Crippen LogP contribution in [0.3, 0.4) is 0 Å². The van der Waals surface area contributed by atoms with Gasteiger partial charge in [0.15, 0.2) is 6.04 Å². The quantitative estimate of drug-likeness (QED) is 0.729. The van der Waals surface area contributed by atoms with Crippen molar-refractivity contribution in [1.29, 1.82) is 0 Å². The minimum Gasteiger partial charge on any atom is -0.480 e. The van der Waals surface area contributed by atoms with E-state index in [1.165, 1.54) is 16.5 Å². The van der Waals surface area contributed by atoms with Crippen molar-refractivity contribution in [3.63, 3.8) is 0 Å². The van der Waals surface area contributed by atoms with Gasteiger partial charge in [-0.1, -0.05) is 0 Å². The number of hydrogen-bond donors (Lipinski definition) is 3. The highest BCUT2D eigenvalue weighted by atomic mass is 19.1. The highest BCUT2D eigenvalue weighted by Gasteiger charge is 2.23. The number of aromatic nitrogens is 2. The van der Waals surface area contributed by atoms with Gasteiger partial charge in [-0.25, -0.2) is 14.2 Å². The van der Waals surface area contributed by atoms with Crippen LogP contribution in [0.25, 0.3) is 5.65 Å². The number of nitrogens with zero attached hydrogens (tertiary/aromatic N) is 2. The SMILES string of the molecule is Cc1nc2ccc(F)cn2c1C(=O)NC(CO)C(=O)O. The topological polar surface area (TPSA) is 104 Å². The zero-order valence-electron chi connectivity index (χ0n) is 10.5. The molecule has 1 amide bonds. The number of rotatable bonds is 4. The number of carboxylic acid groups (broad SMARTS) is 1. The highest BCUT2D eigenvalue weighted by Crippen LogP contribution is 2.13. The molecular formula is C12H12FN3O4. The van der Waals surface area contributed by atoms with Gasteiger partial charge in [-0.3, -0.25) is 9.20 Å². The number of aliphatic hydroxyl groups is 1. The summed E-state index contributed by atoms with van der Waals surface area (Å²) in [5, 5.41) is 19.8. The van der Waals surface area contributed by atoms with Crippen LogP contribution in [0.4, 0.5) is 4.39 Å². The summed E-state index contributed by atoms with van der Waals surface area (Å²) in [6.45, 7) is 0.805. The summed E-state index contributed by atoms with van der Waals surface area (Å²) < 4.78 is 14.5. The molecule has 1 unspecified atom stereocenters. The maximum atomic E-state index is 13.2. The summed E-state index contributed by atoms with van der Waals surface area (Å²) in [7, 11) is 0. The number of hydrogen-bond acceptors (Lipinski definition) is 4. The monoisotopic (exact) mass is 281 g/mol. The van der Waals surface area contributed by atoms with Gasteiger partial charge in [0.05, 0.1) is 12.3 Å². The molecule has 0 aliphatic heterocycles. The van der Waals surface area contributed by atoms with Gasteiger partial charge in [-0.2, -0.15) is 0 Å². The normalized spacial score (nSPS) is 12.3. The first kappa shape index (κ1) is 13.9. The third-order valence-electron chi connectivity index (χ3n) is 2.76. The van der Waals surface area contributed by atoms with Crippen LogP contribution in [-0.2, 0) is 4.79 Å². The standard InChI is InChI=1S/C12H12FN3O4/c1-6-10(11(18)15-8(5-17)12(19)20)16-4-7(13)2-3-9(16)14-6/h2-4,8,17H,5H2,1H3,(H,15,18)(H,19,20). The lowest BCUT2D eigenvalue weighted by atomic mass is 10.2. The Balaban J connectivity index is 2.41. The number of halogens is 1. The lowest BCUT2D eigenvalue weighted by Crippen LogP contribution is -2.43. The second kappa shape index (κ2) is 5.25. The van der Waals surface area contributed by atoms with Gasteiger partial charge in [-0.05, 0) is 19.1 Å². The fourth-order valence-electron chi connectivity index (χ4n) is 1.82. The van der Waals surface area contributed by atoms with Crippen molar-refractivity contribution in [2.24, 2.45) is 0 Å². The molecule has 106 valence electrons. The number of aliphatic hydroxyl groups excluding tert-OH is 1. The van der Waals surface area contributed by atoms with Crippen LogP contribution in [0.2, 0.25) is 0 Å². The molecule has 0 saturated carbocycles.